The van der Waals surface area contributed by atoms with Crippen molar-refractivity contribution in [3.63, 3.8) is 0 Å². The number of fused-ring (bicyclic) bond motifs is 3. The molecule has 1 fully saturated rings. The molecule has 0 N–H and O–H groups in total. The summed E-state index contributed by atoms with van der Waals surface area (Å²) in [6.07, 6.45) is 8.37. The number of ether oxygens (including phenoxy) is 1. The van der Waals surface area contributed by atoms with Gasteiger partial charge < -0.3 is 13.6 Å². The molecular weight excluding hydrogens is 442 g/mol. The quantitative estimate of drug-likeness (QED) is 0.354. The van der Waals surface area contributed by atoms with Crippen molar-refractivity contribution < 1.29 is 13.6 Å². The van der Waals surface area contributed by atoms with E-state index in [9.17, 15) is 9.59 Å². The van der Waals surface area contributed by atoms with E-state index in [1.54, 1.807) is 24.3 Å². The Morgan fingerprint density at radius 2 is 1.57 bits per heavy atom. The molecule has 0 amide bonds. The molecule has 2 aromatic heterocycles. The van der Waals surface area contributed by atoms with Crippen LogP contribution in [0.5, 0.6) is 0 Å². The highest BCUT2D eigenvalue weighted by Gasteiger charge is 2.33. The number of aliphatic imine (C=N–C) groups is 1. The molecule has 0 radical (unpaired) electrons. The predicted molar refractivity (Wildman–Crippen MR) is 137 cm³/mol. The smallest absolute Gasteiger partial charge is 0.259 e. The van der Waals surface area contributed by atoms with E-state index in [2.05, 4.69) is 0 Å². The van der Waals surface area contributed by atoms with Gasteiger partial charge in [0.2, 0.25) is 11.2 Å². The Morgan fingerprint density at radius 3 is 2.31 bits per heavy atom. The Labute approximate surface area is 201 Å². The number of hydrogen-bond acceptors (Lipinski definition) is 6. The van der Waals surface area contributed by atoms with Gasteiger partial charge in [-0.15, -0.1) is 0 Å². The number of benzene rings is 2. The number of aryl methyl sites for hydroxylation is 2. The van der Waals surface area contributed by atoms with Crippen molar-refractivity contribution in [1.29, 1.82) is 0 Å². The van der Waals surface area contributed by atoms with E-state index >= 15 is 0 Å². The second kappa shape index (κ2) is 8.38. The highest BCUT2D eigenvalue weighted by molar-refractivity contribution is 6.08. The molecule has 0 saturated heterocycles. The molecule has 1 aliphatic carbocycles. The molecule has 0 unspecified atom stereocenters. The molecule has 176 valence electrons. The highest BCUT2D eigenvalue weighted by atomic mass is 16.5. The van der Waals surface area contributed by atoms with E-state index in [-0.39, 0.29) is 22.7 Å². The standard InChI is InChI=1S/C29H25NO5/c1-16-8-10-22-20(12-16)26(31)18(15-33-22)14-24-25-27(32)21-13-17(2)9-11-23(21)34-28(25)29(35-24)30-19-6-4-3-5-7-19/h8-15,19H,3-7H2,1-2H3/b24-14-,30-29?. The van der Waals surface area contributed by atoms with Gasteiger partial charge in [-0.05, 0) is 57.0 Å². The number of rotatable bonds is 2. The van der Waals surface area contributed by atoms with Crippen LogP contribution in [0, 0.1) is 13.8 Å². The predicted octanol–water partition coefficient (Wildman–Crippen LogP) is 6.12. The first-order valence-corrected chi connectivity index (χ1v) is 12.1. The molecule has 35 heavy (non-hydrogen) atoms. The zero-order valence-electron chi connectivity index (χ0n) is 19.7. The van der Waals surface area contributed by atoms with Gasteiger partial charge in [-0.3, -0.25) is 9.59 Å². The molecule has 3 heterocycles. The van der Waals surface area contributed by atoms with Crippen LogP contribution in [0.1, 0.15) is 60.1 Å². The van der Waals surface area contributed by atoms with Crippen molar-refractivity contribution in [2.75, 3.05) is 0 Å². The van der Waals surface area contributed by atoms with E-state index in [1.165, 1.54) is 12.7 Å². The molecule has 0 atom stereocenters. The lowest BCUT2D eigenvalue weighted by molar-refractivity contribution is 0.427. The van der Waals surface area contributed by atoms with Gasteiger partial charge in [0.1, 0.15) is 28.8 Å². The summed E-state index contributed by atoms with van der Waals surface area (Å²) in [5.74, 6) is 0.883. The third-order valence-corrected chi connectivity index (χ3v) is 6.81. The molecule has 6 nitrogen and oxygen atoms in total. The van der Waals surface area contributed by atoms with Crippen molar-refractivity contribution in [2.24, 2.45) is 4.99 Å². The summed E-state index contributed by atoms with van der Waals surface area (Å²) < 4.78 is 18.0. The van der Waals surface area contributed by atoms with Crippen LogP contribution in [-0.4, -0.2) is 11.9 Å². The zero-order chi connectivity index (χ0) is 24.1. The maximum absolute atomic E-state index is 13.6. The molecule has 6 heteroatoms. The third kappa shape index (κ3) is 3.79. The molecule has 4 aromatic rings. The van der Waals surface area contributed by atoms with Crippen molar-refractivity contribution in [3.05, 3.63) is 91.1 Å². The average molecular weight is 468 g/mol. The second-order valence-electron chi connectivity index (χ2n) is 9.49. The average Bonchev–Trinajstić information content (AvgIpc) is 3.19. The first kappa shape index (κ1) is 21.6. The Kier molecular flexibility index (Phi) is 5.17. The van der Waals surface area contributed by atoms with Gasteiger partial charge in [-0.1, -0.05) is 42.5 Å². The molecule has 0 spiro atoms. The van der Waals surface area contributed by atoms with E-state index in [0.29, 0.717) is 44.7 Å². The molecular formula is C29H25NO5. The SMILES string of the molecule is Cc1ccc2occ(/C=C3\OC(=NC4CCCCC4)c4oc5ccc(C)cc5c(=O)c43)c(=O)c2c1. The van der Waals surface area contributed by atoms with Crippen molar-refractivity contribution >= 4 is 39.7 Å². The van der Waals surface area contributed by atoms with Crippen molar-refractivity contribution in [1.82, 2.24) is 0 Å². The number of nitrogens with zero attached hydrogens (tertiary/aromatic N) is 1. The minimum Gasteiger partial charge on any atom is -0.463 e. The normalized spacial score (nSPS) is 18.5. The molecule has 0 bridgehead atoms. The first-order chi connectivity index (χ1) is 17.0. The fourth-order valence-electron chi connectivity index (χ4n) is 4.95. The largest absolute Gasteiger partial charge is 0.463 e. The Morgan fingerprint density at radius 1 is 0.886 bits per heavy atom. The highest BCUT2D eigenvalue weighted by Crippen LogP contribution is 2.33. The second-order valence-corrected chi connectivity index (χ2v) is 9.49. The van der Waals surface area contributed by atoms with Crippen LogP contribution in [0.25, 0.3) is 33.8 Å². The van der Waals surface area contributed by atoms with Gasteiger partial charge >= 0.3 is 0 Å². The lowest BCUT2D eigenvalue weighted by Gasteiger charge is -2.17. The monoisotopic (exact) mass is 467 g/mol. The summed E-state index contributed by atoms with van der Waals surface area (Å²) in [5, 5.41) is 0.952. The fraction of sp³-hybridized carbons (Fsp3) is 0.276. The summed E-state index contributed by atoms with van der Waals surface area (Å²) >= 11 is 0. The molecule has 6 rings (SSSR count). The van der Waals surface area contributed by atoms with Crippen LogP contribution in [0.3, 0.4) is 0 Å². The van der Waals surface area contributed by atoms with Gasteiger partial charge in [0.15, 0.2) is 5.43 Å². The van der Waals surface area contributed by atoms with Gasteiger partial charge in [0.25, 0.3) is 5.90 Å². The van der Waals surface area contributed by atoms with E-state index < -0.39 is 0 Å². The lowest BCUT2D eigenvalue weighted by atomic mass is 9.96. The van der Waals surface area contributed by atoms with E-state index in [0.717, 1.165) is 36.8 Å². The fourth-order valence-corrected chi connectivity index (χ4v) is 4.95. The van der Waals surface area contributed by atoms with Gasteiger partial charge in [0.05, 0.1) is 22.4 Å². The summed E-state index contributed by atoms with van der Waals surface area (Å²) in [4.78, 5) is 31.7. The van der Waals surface area contributed by atoms with Gasteiger partial charge in [0, 0.05) is 0 Å². The maximum Gasteiger partial charge on any atom is 0.259 e. The van der Waals surface area contributed by atoms with Crippen LogP contribution < -0.4 is 10.9 Å². The molecule has 2 aliphatic rings. The summed E-state index contributed by atoms with van der Waals surface area (Å²) in [7, 11) is 0. The van der Waals surface area contributed by atoms with Gasteiger partial charge in [-0.2, -0.15) is 0 Å². The van der Waals surface area contributed by atoms with E-state index in [1.807, 2.05) is 32.0 Å². The summed E-state index contributed by atoms with van der Waals surface area (Å²) in [6, 6.07) is 11.1. The van der Waals surface area contributed by atoms with Gasteiger partial charge in [-0.25, -0.2) is 4.99 Å². The Bertz CT molecular complexity index is 1660. The summed E-state index contributed by atoms with van der Waals surface area (Å²) in [5.41, 5.74) is 3.11. The lowest BCUT2D eigenvalue weighted by Crippen LogP contribution is -2.14. The van der Waals surface area contributed by atoms with Crippen LogP contribution in [0.15, 0.2) is 66.1 Å². The summed E-state index contributed by atoms with van der Waals surface area (Å²) in [6.45, 7) is 3.85. The van der Waals surface area contributed by atoms with Crippen molar-refractivity contribution in [3.8, 4) is 0 Å². The van der Waals surface area contributed by atoms with E-state index in [4.69, 9.17) is 18.6 Å². The van der Waals surface area contributed by atoms with Crippen LogP contribution in [0.4, 0.5) is 0 Å². The van der Waals surface area contributed by atoms with Crippen LogP contribution in [-0.2, 0) is 4.74 Å². The maximum atomic E-state index is 13.6. The molecule has 1 aliphatic heterocycles. The van der Waals surface area contributed by atoms with Crippen LogP contribution >= 0.6 is 0 Å². The molecule has 2 aromatic carbocycles. The van der Waals surface area contributed by atoms with Crippen molar-refractivity contribution in [2.45, 2.75) is 52.0 Å². The third-order valence-electron chi connectivity index (χ3n) is 6.81. The minimum absolute atomic E-state index is 0.124. The van der Waals surface area contributed by atoms with Crippen LogP contribution in [0.2, 0.25) is 0 Å². The molecule has 1 saturated carbocycles. The minimum atomic E-state index is -0.203. The Hall–Kier alpha value is -3.93. The number of hydrogen-bond donors (Lipinski definition) is 0. The zero-order valence-corrected chi connectivity index (χ0v) is 19.7. The Balaban J connectivity index is 1.56. The first-order valence-electron chi connectivity index (χ1n) is 12.1. The topological polar surface area (TPSA) is 82.0 Å².